The summed E-state index contributed by atoms with van der Waals surface area (Å²) in [5.41, 5.74) is 1.06. The zero-order valence-corrected chi connectivity index (χ0v) is 10.7. The van der Waals surface area contributed by atoms with E-state index in [0.717, 1.165) is 37.9 Å². The summed E-state index contributed by atoms with van der Waals surface area (Å²) in [6.45, 7) is 1.98. The average molecular weight is 262 g/mol. The maximum atomic E-state index is 8.61. The summed E-state index contributed by atoms with van der Waals surface area (Å²) >= 11 is 11.8. The number of aliphatic hydroxyl groups is 1. The molecule has 0 heterocycles. The van der Waals surface area contributed by atoms with Gasteiger partial charge in [-0.15, -0.1) is 0 Å². The third-order valence-electron chi connectivity index (χ3n) is 2.34. The Morgan fingerprint density at radius 3 is 2.62 bits per heavy atom. The molecule has 0 radical (unpaired) electrons. The number of benzene rings is 1. The van der Waals surface area contributed by atoms with Crippen molar-refractivity contribution in [3.63, 3.8) is 0 Å². The quantitative estimate of drug-likeness (QED) is 0.739. The van der Waals surface area contributed by atoms with Gasteiger partial charge < -0.3 is 10.4 Å². The highest BCUT2D eigenvalue weighted by atomic mass is 35.5. The summed E-state index contributed by atoms with van der Waals surface area (Å²) in [5, 5.41) is 13.3. The van der Waals surface area contributed by atoms with Gasteiger partial charge in [0.15, 0.2) is 0 Å². The van der Waals surface area contributed by atoms with E-state index in [2.05, 4.69) is 5.32 Å². The van der Waals surface area contributed by atoms with E-state index in [1.165, 1.54) is 0 Å². The van der Waals surface area contributed by atoms with Crippen molar-refractivity contribution in [2.45, 2.75) is 25.8 Å². The molecule has 0 spiro atoms. The van der Waals surface area contributed by atoms with Crippen LogP contribution in [-0.4, -0.2) is 18.3 Å². The van der Waals surface area contributed by atoms with Crippen molar-refractivity contribution < 1.29 is 5.11 Å². The molecule has 0 saturated carbocycles. The van der Waals surface area contributed by atoms with E-state index in [9.17, 15) is 0 Å². The van der Waals surface area contributed by atoms with Crippen molar-refractivity contribution in [2.75, 3.05) is 13.2 Å². The first-order valence-electron chi connectivity index (χ1n) is 5.49. The Bertz CT molecular complexity index is 318. The van der Waals surface area contributed by atoms with Gasteiger partial charge in [-0.2, -0.15) is 0 Å². The van der Waals surface area contributed by atoms with E-state index in [4.69, 9.17) is 28.3 Å². The molecular weight excluding hydrogens is 245 g/mol. The second kappa shape index (κ2) is 7.91. The molecule has 0 aliphatic rings. The standard InChI is InChI=1S/C12H17Cl2NO/c13-11-5-4-10(12(14)8-11)9-15-6-2-1-3-7-16/h4-5,8,15-16H,1-3,6-7,9H2. The minimum Gasteiger partial charge on any atom is -0.396 e. The molecule has 0 aromatic heterocycles. The van der Waals surface area contributed by atoms with Gasteiger partial charge in [-0.05, 0) is 43.5 Å². The van der Waals surface area contributed by atoms with Crippen LogP contribution in [0.1, 0.15) is 24.8 Å². The summed E-state index contributed by atoms with van der Waals surface area (Å²) < 4.78 is 0. The molecule has 16 heavy (non-hydrogen) atoms. The molecule has 0 aliphatic heterocycles. The highest BCUT2D eigenvalue weighted by molar-refractivity contribution is 6.35. The van der Waals surface area contributed by atoms with Crippen LogP contribution in [0.2, 0.25) is 10.0 Å². The summed E-state index contributed by atoms with van der Waals surface area (Å²) in [4.78, 5) is 0. The van der Waals surface area contributed by atoms with E-state index < -0.39 is 0 Å². The lowest BCUT2D eigenvalue weighted by atomic mass is 10.2. The van der Waals surface area contributed by atoms with Gasteiger partial charge in [-0.25, -0.2) is 0 Å². The molecule has 1 rings (SSSR count). The molecule has 0 fully saturated rings. The van der Waals surface area contributed by atoms with Crippen LogP contribution in [-0.2, 0) is 6.54 Å². The van der Waals surface area contributed by atoms with Gasteiger partial charge >= 0.3 is 0 Å². The number of rotatable bonds is 7. The van der Waals surface area contributed by atoms with Gasteiger partial charge in [0.1, 0.15) is 0 Å². The summed E-state index contributed by atoms with van der Waals surface area (Å²) in [5.74, 6) is 0. The normalized spacial score (nSPS) is 10.7. The van der Waals surface area contributed by atoms with Crippen molar-refractivity contribution >= 4 is 23.2 Å². The SMILES string of the molecule is OCCCCCNCc1ccc(Cl)cc1Cl. The maximum Gasteiger partial charge on any atom is 0.0465 e. The average Bonchev–Trinajstić information content (AvgIpc) is 2.26. The topological polar surface area (TPSA) is 32.3 Å². The third-order valence-corrected chi connectivity index (χ3v) is 2.93. The molecule has 2 nitrogen and oxygen atoms in total. The Kier molecular flexibility index (Phi) is 6.81. The van der Waals surface area contributed by atoms with Gasteiger partial charge in [0.05, 0.1) is 0 Å². The molecule has 4 heteroatoms. The summed E-state index contributed by atoms with van der Waals surface area (Å²) in [6.07, 6.45) is 3.01. The number of unbranched alkanes of at least 4 members (excludes halogenated alkanes) is 2. The van der Waals surface area contributed by atoms with E-state index in [1.54, 1.807) is 6.07 Å². The first-order chi connectivity index (χ1) is 7.74. The molecule has 1 aromatic rings. The third kappa shape index (κ3) is 5.17. The van der Waals surface area contributed by atoms with Crippen LogP contribution < -0.4 is 5.32 Å². The lowest BCUT2D eigenvalue weighted by Gasteiger charge is -2.06. The highest BCUT2D eigenvalue weighted by Crippen LogP contribution is 2.20. The lowest BCUT2D eigenvalue weighted by molar-refractivity contribution is 0.283. The van der Waals surface area contributed by atoms with Gasteiger partial charge in [0.2, 0.25) is 0 Å². The highest BCUT2D eigenvalue weighted by Gasteiger charge is 2.00. The zero-order valence-electron chi connectivity index (χ0n) is 9.18. The molecule has 0 amide bonds. The molecule has 0 aliphatic carbocycles. The van der Waals surface area contributed by atoms with Crippen LogP contribution in [0.15, 0.2) is 18.2 Å². The van der Waals surface area contributed by atoms with Crippen LogP contribution in [0.4, 0.5) is 0 Å². The molecule has 0 unspecified atom stereocenters. The van der Waals surface area contributed by atoms with Crippen LogP contribution in [0.5, 0.6) is 0 Å². The Morgan fingerprint density at radius 2 is 1.94 bits per heavy atom. The Labute approximate surface area is 107 Å². The first kappa shape index (κ1) is 13.8. The number of halogens is 2. The van der Waals surface area contributed by atoms with Crippen molar-refractivity contribution in [3.05, 3.63) is 33.8 Å². The second-order valence-corrected chi connectivity index (χ2v) is 4.54. The second-order valence-electron chi connectivity index (χ2n) is 3.70. The molecule has 0 saturated heterocycles. The van der Waals surface area contributed by atoms with Crippen LogP contribution in [0.3, 0.4) is 0 Å². The van der Waals surface area contributed by atoms with Crippen LogP contribution in [0.25, 0.3) is 0 Å². The predicted molar refractivity (Wildman–Crippen MR) is 69.1 cm³/mol. The molecule has 0 atom stereocenters. The van der Waals surface area contributed by atoms with Crippen LogP contribution in [0, 0.1) is 0 Å². The molecule has 1 aromatic carbocycles. The van der Waals surface area contributed by atoms with Gasteiger partial charge in [-0.3, -0.25) is 0 Å². The number of hydrogen-bond donors (Lipinski definition) is 2. The fraction of sp³-hybridized carbons (Fsp3) is 0.500. The number of aliphatic hydroxyl groups excluding tert-OH is 1. The van der Waals surface area contributed by atoms with Gasteiger partial charge in [0, 0.05) is 23.2 Å². The van der Waals surface area contributed by atoms with E-state index in [-0.39, 0.29) is 6.61 Å². The van der Waals surface area contributed by atoms with Gasteiger partial charge in [-0.1, -0.05) is 29.3 Å². The molecular formula is C12H17Cl2NO. The summed E-state index contributed by atoms with van der Waals surface area (Å²) in [6, 6.07) is 5.54. The molecule has 0 bridgehead atoms. The van der Waals surface area contributed by atoms with Crippen molar-refractivity contribution in [2.24, 2.45) is 0 Å². The van der Waals surface area contributed by atoms with E-state index in [0.29, 0.717) is 10.0 Å². The summed E-state index contributed by atoms with van der Waals surface area (Å²) in [7, 11) is 0. The van der Waals surface area contributed by atoms with Crippen molar-refractivity contribution in [3.8, 4) is 0 Å². The maximum absolute atomic E-state index is 8.61. The minimum absolute atomic E-state index is 0.281. The van der Waals surface area contributed by atoms with Gasteiger partial charge in [0.25, 0.3) is 0 Å². The Balaban J connectivity index is 2.21. The zero-order chi connectivity index (χ0) is 11.8. The monoisotopic (exact) mass is 261 g/mol. The van der Waals surface area contributed by atoms with E-state index in [1.807, 2.05) is 12.1 Å². The van der Waals surface area contributed by atoms with Crippen molar-refractivity contribution in [1.29, 1.82) is 0 Å². The fourth-order valence-corrected chi connectivity index (χ4v) is 1.90. The Morgan fingerprint density at radius 1 is 1.12 bits per heavy atom. The molecule has 90 valence electrons. The Hall–Kier alpha value is -0.280. The van der Waals surface area contributed by atoms with E-state index >= 15 is 0 Å². The molecule has 2 N–H and O–H groups in total. The fourth-order valence-electron chi connectivity index (χ4n) is 1.43. The number of nitrogens with one attached hydrogen (secondary N) is 1. The largest absolute Gasteiger partial charge is 0.396 e. The lowest BCUT2D eigenvalue weighted by Crippen LogP contribution is -2.15. The van der Waals surface area contributed by atoms with Crippen molar-refractivity contribution in [1.82, 2.24) is 5.32 Å². The predicted octanol–water partition coefficient (Wildman–Crippen LogP) is 3.25. The first-order valence-corrected chi connectivity index (χ1v) is 6.25. The van der Waals surface area contributed by atoms with Crippen LogP contribution >= 0.6 is 23.2 Å². The smallest absolute Gasteiger partial charge is 0.0465 e. The minimum atomic E-state index is 0.281. The number of hydrogen-bond acceptors (Lipinski definition) is 2.